The van der Waals surface area contributed by atoms with Crippen LogP contribution in [0.4, 0.5) is 17.1 Å². The SMILES string of the molecule is CC1(C)c2cc(N(c3ccccc3)c3ccccc3)cnc2-c2sc(/C=C3\C(=O)c4ccncc4C3=O)cc21. The molecule has 7 rings (SSSR count). The largest absolute Gasteiger partial charge is 0.309 e. The molecule has 39 heavy (non-hydrogen) atoms. The van der Waals surface area contributed by atoms with Gasteiger partial charge in [-0.05, 0) is 59.7 Å². The van der Waals surface area contributed by atoms with Crippen molar-refractivity contribution in [3.63, 3.8) is 0 Å². The Balaban J connectivity index is 1.30. The molecule has 2 aliphatic carbocycles. The van der Waals surface area contributed by atoms with E-state index in [1.54, 1.807) is 29.7 Å². The average Bonchev–Trinajstić information content (AvgIpc) is 3.56. The fraction of sp³-hybridized carbons (Fsp3) is 0.0909. The van der Waals surface area contributed by atoms with E-state index in [2.05, 4.69) is 60.1 Å². The van der Waals surface area contributed by atoms with Crippen LogP contribution in [0.5, 0.6) is 0 Å². The molecule has 0 radical (unpaired) electrons. The molecule has 0 atom stereocenters. The Hall–Kier alpha value is -4.68. The molecule has 0 fully saturated rings. The Morgan fingerprint density at radius 1 is 0.769 bits per heavy atom. The number of ketones is 2. The number of Topliss-reactive ketones (excluding diaryl/α,β-unsaturated/α-hetero) is 2. The van der Waals surface area contributed by atoms with E-state index in [0.717, 1.165) is 43.6 Å². The Morgan fingerprint density at radius 3 is 2.10 bits per heavy atom. The quantitative estimate of drug-likeness (QED) is 0.177. The molecular formula is C33H23N3O2S. The number of carbonyl (C=O) groups excluding carboxylic acids is 2. The molecule has 5 nitrogen and oxygen atoms in total. The fourth-order valence-electron chi connectivity index (χ4n) is 5.54. The third-order valence-corrected chi connectivity index (χ3v) is 8.65. The number of aromatic nitrogens is 2. The third-order valence-electron chi connectivity index (χ3n) is 7.56. The van der Waals surface area contributed by atoms with Crippen molar-refractivity contribution < 1.29 is 9.59 Å². The summed E-state index contributed by atoms with van der Waals surface area (Å²) in [4.78, 5) is 39.0. The van der Waals surface area contributed by atoms with Crippen LogP contribution in [0.2, 0.25) is 0 Å². The number of rotatable bonds is 4. The summed E-state index contributed by atoms with van der Waals surface area (Å²) in [5.41, 5.74) is 7.07. The molecule has 6 heteroatoms. The molecule has 0 aliphatic heterocycles. The molecule has 0 unspecified atom stereocenters. The molecule has 2 aromatic carbocycles. The maximum atomic E-state index is 12.9. The summed E-state index contributed by atoms with van der Waals surface area (Å²) in [6.07, 6.45) is 6.67. The molecule has 188 valence electrons. The zero-order valence-corrected chi connectivity index (χ0v) is 22.2. The first kappa shape index (κ1) is 23.4. The summed E-state index contributed by atoms with van der Waals surface area (Å²) in [5, 5.41) is 0. The monoisotopic (exact) mass is 525 g/mol. The summed E-state index contributed by atoms with van der Waals surface area (Å²) in [6, 6.07) is 26.5. The summed E-state index contributed by atoms with van der Waals surface area (Å²) < 4.78 is 0. The zero-order valence-electron chi connectivity index (χ0n) is 21.4. The van der Waals surface area contributed by atoms with Gasteiger partial charge in [-0.25, -0.2) is 0 Å². The van der Waals surface area contributed by atoms with Crippen molar-refractivity contribution in [3.05, 3.63) is 130 Å². The lowest BCUT2D eigenvalue weighted by Crippen LogP contribution is -2.16. The van der Waals surface area contributed by atoms with Gasteiger partial charge in [0, 0.05) is 39.6 Å². The number of allylic oxidation sites excluding steroid dienone is 1. The molecule has 0 bridgehead atoms. The van der Waals surface area contributed by atoms with Crippen LogP contribution in [0.25, 0.3) is 16.6 Å². The lowest BCUT2D eigenvalue weighted by molar-refractivity contribution is 0.0990. The maximum Gasteiger partial charge on any atom is 0.199 e. The average molecular weight is 526 g/mol. The van der Waals surface area contributed by atoms with Gasteiger partial charge in [-0.1, -0.05) is 50.2 Å². The molecule has 2 aliphatic rings. The van der Waals surface area contributed by atoms with Crippen molar-refractivity contribution in [1.29, 1.82) is 0 Å². The van der Waals surface area contributed by atoms with Gasteiger partial charge in [0.2, 0.25) is 0 Å². The van der Waals surface area contributed by atoms with Crippen molar-refractivity contribution in [3.8, 4) is 10.6 Å². The van der Waals surface area contributed by atoms with Crippen molar-refractivity contribution in [2.45, 2.75) is 19.3 Å². The van der Waals surface area contributed by atoms with Crippen molar-refractivity contribution in [2.24, 2.45) is 0 Å². The van der Waals surface area contributed by atoms with E-state index in [0.29, 0.717) is 11.1 Å². The Bertz CT molecular complexity index is 1740. The lowest BCUT2D eigenvalue weighted by atomic mass is 9.83. The summed E-state index contributed by atoms with van der Waals surface area (Å²) >= 11 is 1.57. The normalized spacial score (nSPS) is 15.8. The number of nitrogens with zero attached hydrogens (tertiary/aromatic N) is 3. The molecule has 0 amide bonds. The van der Waals surface area contributed by atoms with Crippen LogP contribution >= 0.6 is 11.3 Å². The van der Waals surface area contributed by atoms with Gasteiger partial charge in [0.1, 0.15) is 0 Å². The minimum absolute atomic E-state index is 0.195. The van der Waals surface area contributed by atoms with Gasteiger partial charge < -0.3 is 4.90 Å². The molecule has 0 spiro atoms. The van der Waals surface area contributed by atoms with Gasteiger partial charge >= 0.3 is 0 Å². The lowest BCUT2D eigenvalue weighted by Gasteiger charge is -2.27. The van der Waals surface area contributed by atoms with Crippen LogP contribution in [0.15, 0.2) is 103 Å². The predicted octanol–water partition coefficient (Wildman–Crippen LogP) is 7.78. The van der Waals surface area contributed by atoms with E-state index in [1.807, 2.05) is 42.6 Å². The highest BCUT2D eigenvalue weighted by Crippen LogP contribution is 2.53. The highest BCUT2D eigenvalue weighted by atomic mass is 32.1. The van der Waals surface area contributed by atoms with Gasteiger partial charge in [0.15, 0.2) is 11.6 Å². The predicted molar refractivity (Wildman–Crippen MR) is 155 cm³/mol. The summed E-state index contributed by atoms with van der Waals surface area (Å²) in [7, 11) is 0. The molecule has 3 heterocycles. The second-order valence-corrected chi connectivity index (χ2v) is 11.3. The molecule has 0 N–H and O–H groups in total. The van der Waals surface area contributed by atoms with E-state index in [1.165, 1.54) is 6.20 Å². The van der Waals surface area contributed by atoms with Gasteiger partial charge in [-0.3, -0.25) is 19.6 Å². The third kappa shape index (κ3) is 3.60. The summed E-state index contributed by atoms with van der Waals surface area (Å²) in [6.45, 7) is 4.41. The maximum absolute atomic E-state index is 12.9. The first-order chi connectivity index (χ1) is 18.9. The number of pyridine rings is 2. The Labute approximate surface area is 230 Å². The molecule has 5 aromatic rings. The summed E-state index contributed by atoms with van der Waals surface area (Å²) in [5.74, 6) is -0.503. The van der Waals surface area contributed by atoms with E-state index < -0.39 is 0 Å². The van der Waals surface area contributed by atoms with Crippen LogP contribution in [0, 0.1) is 0 Å². The van der Waals surface area contributed by atoms with E-state index in [4.69, 9.17) is 4.98 Å². The first-order valence-electron chi connectivity index (χ1n) is 12.7. The first-order valence-corrected chi connectivity index (χ1v) is 13.6. The molecule has 0 saturated carbocycles. The second kappa shape index (κ2) is 8.68. The van der Waals surface area contributed by atoms with Crippen LogP contribution in [0.3, 0.4) is 0 Å². The van der Waals surface area contributed by atoms with Crippen LogP contribution < -0.4 is 4.90 Å². The molecule has 3 aromatic heterocycles. The van der Waals surface area contributed by atoms with Crippen LogP contribution in [0.1, 0.15) is 50.6 Å². The minimum atomic E-state index is -0.295. The van der Waals surface area contributed by atoms with Gasteiger partial charge in [-0.2, -0.15) is 0 Å². The topological polar surface area (TPSA) is 63.2 Å². The number of thiophene rings is 1. The number of para-hydroxylation sites is 2. The minimum Gasteiger partial charge on any atom is -0.309 e. The highest BCUT2D eigenvalue weighted by Gasteiger charge is 2.40. The standard InChI is InChI=1S/C33H23N3O2S/c1-33(2)27-15-22(36(20-9-5-3-6-10-20)21-11-7-4-8-12-21)18-35-29(27)32-28(33)17-23(39-32)16-25-30(37)24-13-14-34-19-26(24)31(25)38/h3-19H,1-2H3/b25-16+. The zero-order chi connectivity index (χ0) is 26.7. The van der Waals surface area contributed by atoms with Gasteiger partial charge in [0.05, 0.1) is 33.6 Å². The Morgan fingerprint density at radius 2 is 1.44 bits per heavy atom. The van der Waals surface area contributed by atoms with E-state index in [-0.39, 0.29) is 22.6 Å². The van der Waals surface area contributed by atoms with Crippen molar-refractivity contribution in [2.75, 3.05) is 4.90 Å². The van der Waals surface area contributed by atoms with Crippen molar-refractivity contribution in [1.82, 2.24) is 9.97 Å². The number of anilines is 3. The van der Waals surface area contributed by atoms with Crippen LogP contribution in [-0.2, 0) is 5.41 Å². The van der Waals surface area contributed by atoms with Gasteiger partial charge in [0.25, 0.3) is 0 Å². The number of hydrogen-bond donors (Lipinski definition) is 0. The number of carbonyl (C=O) groups is 2. The Kier molecular flexibility index (Phi) is 5.22. The van der Waals surface area contributed by atoms with E-state index in [9.17, 15) is 9.59 Å². The molecule has 0 saturated heterocycles. The van der Waals surface area contributed by atoms with E-state index >= 15 is 0 Å². The molecular weight excluding hydrogens is 502 g/mol. The number of fused-ring (bicyclic) bond motifs is 4. The fourth-order valence-corrected chi connectivity index (χ4v) is 6.81. The van der Waals surface area contributed by atoms with Crippen molar-refractivity contribution >= 4 is 46.0 Å². The second-order valence-electron chi connectivity index (χ2n) is 10.3. The number of hydrogen-bond acceptors (Lipinski definition) is 6. The van der Waals surface area contributed by atoms with Crippen LogP contribution in [-0.4, -0.2) is 21.5 Å². The smallest absolute Gasteiger partial charge is 0.199 e. The van der Waals surface area contributed by atoms with Gasteiger partial charge in [-0.15, -0.1) is 11.3 Å². The number of benzene rings is 2. The highest BCUT2D eigenvalue weighted by molar-refractivity contribution is 7.16.